The predicted octanol–water partition coefficient (Wildman–Crippen LogP) is -0.847. The first-order valence-electron chi connectivity index (χ1n) is 4.95. The van der Waals surface area contributed by atoms with E-state index in [0.717, 1.165) is 11.8 Å². The molecule has 0 spiro atoms. The maximum absolute atomic E-state index is 11.5. The SMILES string of the molecule is CC(O)(CNC(=O)C1CSC(=O)N1)CC(=O)O. The molecule has 2 amide bonds. The van der Waals surface area contributed by atoms with E-state index in [2.05, 4.69) is 10.6 Å². The van der Waals surface area contributed by atoms with Crippen molar-refractivity contribution < 1.29 is 24.6 Å². The van der Waals surface area contributed by atoms with Crippen LogP contribution in [0.2, 0.25) is 0 Å². The molecule has 1 rings (SSSR count). The van der Waals surface area contributed by atoms with Gasteiger partial charge in [0, 0.05) is 12.3 Å². The quantitative estimate of drug-likeness (QED) is 0.513. The number of carbonyl (C=O) groups is 3. The van der Waals surface area contributed by atoms with Gasteiger partial charge in [-0.15, -0.1) is 0 Å². The molecule has 0 aromatic carbocycles. The lowest BCUT2D eigenvalue weighted by Gasteiger charge is -2.22. The maximum Gasteiger partial charge on any atom is 0.306 e. The van der Waals surface area contributed by atoms with E-state index < -0.39 is 29.9 Å². The molecule has 0 radical (unpaired) electrons. The highest BCUT2D eigenvalue weighted by Gasteiger charge is 2.30. The summed E-state index contributed by atoms with van der Waals surface area (Å²) in [6.45, 7) is 1.15. The van der Waals surface area contributed by atoms with Crippen LogP contribution in [0, 0.1) is 0 Å². The highest BCUT2D eigenvalue weighted by Crippen LogP contribution is 2.13. The van der Waals surface area contributed by atoms with Gasteiger partial charge in [0.1, 0.15) is 6.04 Å². The fraction of sp³-hybridized carbons (Fsp3) is 0.667. The molecule has 1 aliphatic rings. The molecule has 0 aliphatic carbocycles. The monoisotopic (exact) mass is 262 g/mol. The van der Waals surface area contributed by atoms with Gasteiger partial charge in [-0.1, -0.05) is 11.8 Å². The van der Waals surface area contributed by atoms with E-state index in [0.29, 0.717) is 5.75 Å². The Morgan fingerprint density at radius 1 is 1.65 bits per heavy atom. The van der Waals surface area contributed by atoms with Crippen LogP contribution in [0.1, 0.15) is 13.3 Å². The number of carbonyl (C=O) groups excluding carboxylic acids is 2. The van der Waals surface area contributed by atoms with E-state index in [1.165, 1.54) is 6.92 Å². The Labute approximate surface area is 102 Å². The molecule has 1 fully saturated rings. The molecule has 8 heteroatoms. The predicted molar refractivity (Wildman–Crippen MR) is 60.7 cm³/mol. The van der Waals surface area contributed by atoms with Crippen molar-refractivity contribution in [1.82, 2.24) is 10.6 Å². The van der Waals surface area contributed by atoms with Gasteiger partial charge in [0.25, 0.3) is 5.24 Å². The van der Waals surface area contributed by atoms with Gasteiger partial charge in [-0.05, 0) is 6.92 Å². The first-order chi connectivity index (χ1) is 7.80. The summed E-state index contributed by atoms with van der Waals surface area (Å²) in [5.41, 5.74) is -1.50. The summed E-state index contributed by atoms with van der Waals surface area (Å²) < 4.78 is 0. The second kappa shape index (κ2) is 5.37. The number of rotatable bonds is 5. The van der Waals surface area contributed by atoms with Gasteiger partial charge in [0.15, 0.2) is 0 Å². The molecule has 0 bridgehead atoms. The van der Waals surface area contributed by atoms with E-state index in [1.807, 2.05) is 0 Å². The maximum atomic E-state index is 11.5. The summed E-state index contributed by atoms with van der Waals surface area (Å²) in [7, 11) is 0. The zero-order chi connectivity index (χ0) is 13.1. The second-order valence-corrected chi connectivity index (χ2v) is 5.07. The molecule has 7 nitrogen and oxygen atoms in total. The zero-order valence-electron chi connectivity index (χ0n) is 9.23. The molecule has 2 atom stereocenters. The Morgan fingerprint density at radius 3 is 2.76 bits per heavy atom. The summed E-state index contributed by atoms with van der Waals surface area (Å²) in [5.74, 6) is -1.23. The molecular formula is C9H14N2O5S. The van der Waals surface area contributed by atoms with Gasteiger partial charge < -0.3 is 20.8 Å². The Bertz CT molecular complexity index is 344. The molecule has 2 unspecified atom stereocenters. The topological polar surface area (TPSA) is 116 Å². The van der Waals surface area contributed by atoms with Crippen molar-refractivity contribution in [2.45, 2.75) is 25.0 Å². The molecule has 1 aliphatic heterocycles. The highest BCUT2D eigenvalue weighted by molar-refractivity contribution is 8.14. The van der Waals surface area contributed by atoms with Crippen molar-refractivity contribution in [1.29, 1.82) is 0 Å². The molecular weight excluding hydrogens is 248 g/mol. The molecule has 96 valence electrons. The van der Waals surface area contributed by atoms with Gasteiger partial charge in [-0.25, -0.2) is 0 Å². The van der Waals surface area contributed by atoms with Crippen LogP contribution in [0.4, 0.5) is 4.79 Å². The fourth-order valence-corrected chi connectivity index (χ4v) is 2.09. The van der Waals surface area contributed by atoms with Crippen LogP contribution >= 0.6 is 11.8 Å². The third-order valence-electron chi connectivity index (χ3n) is 2.17. The molecule has 1 saturated heterocycles. The van der Waals surface area contributed by atoms with Crippen LogP contribution in [0.5, 0.6) is 0 Å². The fourth-order valence-electron chi connectivity index (χ4n) is 1.31. The standard InChI is InChI=1S/C9H14N2O5S/c1-9(16,2-6(12)13)4-10-7(14)5-3-17-8(15)11-5/h5,16H,2-4H2,1H3,(H,10,14)(H,11,15)(H,12,13). The van der Waals surface area contributed by atoms with Crippen molar-refractivity contribution in [3.8, 4) is 0 Å². The number of carboxylic acid groups (broad SMARTS) is 1. The lowest BCUT2D eigenvalue weighted by Crippen LogP contribution is -2.48. The van der Waals surface area contributed by atoms with E-state index in [9.17, 15) is 19.5 Å². The summed E-state index contributed by atoms with van der Waals surface area (Å²) >= 11 is 1.01. The molecule has 1 heterocycles. The van der Waals surface area contributed by atoms with Crippen LogP contribution in [-0.2, 0) is 9.59 Å². The number of aliphatic hydroxyl groups is 1. The van der Waals surface area contributed by atoms with Gasteiger partial charge in [0.05, 0.1) is 12.0 Å². The Balaban J connectivity index is 2.37. The smallest absolute Gasteiger partial charge is 0.306 e. The Kier molecular flexibility index (Phi) is 4.35. The zero-order valence-corrected chi connectivity index (χ0v) is 10.0. The van der Waals surface area contributed by atoms with E-state index in [-0.39, 0.29) is 11.8 Å². The van der Waals surface area contributed by atoms with Gasteiger partial charge in [-0.3, -0.25) is 14.4 Å². The summed E-state index contributed by atoms with van der Waals surface area (Å²) in [4.78, 5) is 32.8. The average Bonchev–Trinajstić information content (AvgIpc) is 2.59. The highest BCUT2D eigenvalue weighted by atomic mass is 32.2. The van der Waals surface area contributed by atoms with Crippen molar-refractivity contribution in [2.24, 2.45) is 0 Å². The Morgan fingerprint density at radius 2 is 2.29 bits per heavy atom. The lowest BCUT2D eigenvalue weighted by molar-refractivity contribution is -0.142. The van der Waals surface area contributed by atoms with Gasteiger partial charge in [-0.2, -0.15) is 0 Å². The lowest BCUT2D eigenvalue weighted by atomic mass is 10.0. The summed E-state index contributed by atoms with van der Waals surface area (Å²) in [6, 6.07) is -0.617. The van der Waals surface area contributed by atoms with Crippen LogP contribution in [0.25, 0.3) is 0 Å². The average molecular weight is 262 g/mol. The van der Waals surface area contributed by atoms with Crippen LogP contribution in [0.3, 0.4) is 0 Å². The number of amides is 2. The number of hydrogen-bond acceptors (Lipinski definition) is 5. The normalized spacial score (nSPS) is 22.7. The van der Waals surface area contributed by atoms with Crippen molar-refractivity contribution in [2.75, 3.05) is 12.3 Å². The molecule has 0 aromatic heterocycles. The number of hydrogen-bond donors (Lipinski definition) is 4. The third-order valence-corrected chi connectivity index (χ3v) is 3.05. The van der Waals surface area contributed by atoms with Crippen LogP contribution in [-0.4, -0.2) is 51.3 Å². The number of nitrogens with one attached hydrogen (secondary N) is 2. The first-order valence-corrected chi connectivity index (χ1v) is 5.94. The van der Waals surface area contributed by atoms with Gasteiger partial charge >= 0.3 is 5.97 Å². The number of carboxylic acids is 1. The molecule has 0 saturated carbocycles. The second-order valence-electron chi connectivity index (χ2n) is 4.08. The first kappa shape index (κ1) is 13.8. The van der Waals surface area contributed by atoms with Gasteiger partial charge in [0.2, 0.25) is 5.91 Å². The van der Waals surface area contributed by atoms with Crippen LogP contribution < -0.4 is 10.6 Å². The van der Waals surface area contributed by atoms with E-state index in [1.54, 1.807) is 0 Å². The number of thioether (sulfide) groups is 1. The molecule has 4 N–H and O–H groups in total. The minimum Gasteiger partial charge on any atom is -0.481 e. The summed E-state index contributed by atoms with van der Waals surface area (Å²) in [6.07, 6.45) is -0.459. The molecule has 0 aromatic rings. The minimum atomic E-state index is -1.50. The van der Waals surface area contributed by atoms with Crippen LogP contribution in [0.15, 0.2) is 0 Å². The number of aliphatic carboxylic acids is 1. The molecule has 17 heavy (non-hydrogen) atoms. The van der Waals surface area contributed by atoms with E-state index in [4.69, 9.17) is 5.11 Å². The minimum absolute atomic E-state index is 0.171. The third kappa shape index (κ3) is 4.61. The summed E-state index contributed by atoms with van der Waals surface area (Å²) in [5, 5.41) is 22.8. The van der Waals surface area contributed by atoms with E-state index >= 15 is 0 Å². The van der Waals surface area contributed by atoms with Crippen molar-refractivity contribution >= 4 is 28.9 Å². The Hall–Kier alpha value is -1.28. The van der Waals surface area contributed by atoms with Crippen molar-refractivity contribution in [3.63, 3.8) is 0 Å². The largest absolute Gasteiger partial charge is 0.481 e. The van der Waals surface area contributed by atoms with Crippen molar-refractivity contribution in [3.05, 3.63) is 0 Å².